The monoisotopic (exact) mass is 359 g/mol. The third-order valence-corrected chi connectivity index (χ3v) is 4.30. The molecule has 2 N–H and O–H groups in total. The number of carbonyl (C=O) groups excluding carboxylic acids is 1. The van der Waals surface area contributed by atoms with E-state index < -0.39 is 17.5 Å². The van der Waals surface area contributed by atoms with Gasteiger partial charge in [-0.1, -0.05) is 36.4 Å². The number of nitrogens with zero attached hydrogens (tertiary/aromatic N) is 3. The molecule has 134 valence electrons. The Kier molecular flexibility index (Phi) is 4.25. The van der Waals surface area contributed by atoms with Crippen LogP contribution < -0.4 is 10.9 Å². The molecule has 0 aliphatic rings. The zero-order valence-electron chi connectivity index (χ0n) is 14.6. The molecule has 0 saturated heterocycles. The lowest BCUT2D eigenvalue weighted by molar-refractivity contribution is 0.0936. The lowest BCUT2D eigenvalue weighted by Crippen LogP contribution is -2.33. The van der Waals surface area contributed by atoms with Crippen LogP contribution in [0.5, 0.6) is 0 Å². The van der Waals surface area contributed by atoms with Crippen molar-refractivity contribution in [1.82, 2.24) is 24.7 Å². The van der Waals surface area contributed by atoms with Crippen molar-refractivity contribution in [1.29, 1.82) is 0 Å². The maximum atomic E-state index is 12.6. The first-order valence-electron chi connectivity index (χ1n) is 8.51. The Morgan fingerprint density at radius 3 is 2.67 bits per heavy atom. The molecule has 0 bridgehead atoms. The van der Waals surface area contributed by atoms with Crippen LogP contribution in [-0.4, -0.2) is 25.3 Å². The molecule has 0 fully saturated rings. The topological polar surface area (TPSA) is 92.2 Å². The first-order chi connectivity index (χ1) is 13.1. The van der Waals surface area contributed by atoms with E-state index in [0.717, 1.165) is 11.3 Å². The van der Waals surface area contributed by atoms with Gasteiger partial charge in [-0.25, -0.2) is 9.97 Å². The predicted octanol–water partition coefficient (Wildman–Crippen LogP) is 2.58. The van der Waals surface area contributed by atoms with Gasteiger partial charge in [-0.3, -0.25) is 14.0 Å². The van der Waals surface area contributed by atoms with Crippen LogP contribution in [0.1, 0.15) is 29.1 Å². The number of fused-ring (bicyclic) bond motifs is 1. The fraction of sp³-hybridized carbons (Fsp3) is 0.100. The van der Waals surface area contributed by atoms with Crippen LogP contribution in [0.3, 0.4) is 0 Å². The molecule has 0 unspecified atom stereocenters. The smallest absolute Gasteiger partial charge is 0.270 e. The van der Waals surface area contributed by atoms with Gasteiger partial charge in [0.15, 0.2) is 0 Å². The Morgan fingerprint density at radius 2 is 1.85 bits per heavy atom. The highest BCUT2D eigenvalue weighted by Gasteiger charge is 2.18. The number of H-pyrrole nitrogens is 1. The summed E-state index contributed by atoms with van der Waals surface area (Å²) in [5, 5.41) is 2.80. The van der Waals surface area contributed by atoms with Crippen LogP contribution in [0.15, 0.2) is 71.9 Å². The summed E-state index contributed by atoms with van der Waals surface area (Å²) in [6, 6.07) is 14.6. The van der Waals surface area contributed by atoms with E-state index in [-0.39, 0.29) is 5.56 Å². The predicted molar refractivity (Wildman–Crippen MR) is 101 cm³/mol. The van der Waals surface area contributed by atoms with Gasteiger partial charge in [0, 0.05) is 12.4 Å². The fourth-order valence-corrected chi connectivity index (χ4v) is 2.85. The Bertz CT molecular complexity index is 1160. The molecule has 3 heterocycles. The molecule has 7 heteroatoms. The Hall–Kier alpha value is -3.74. The number of imidazole rings is 1. The molecule has 0 spiro atoms. The molecular weight excluding hydrogens is 342 g/mol. The van der Waals surface area contributed by atoms with Crippen LogP contribution in [0.25, 0.3) is 16.9 Å². The third kappa shape index (κ3) is 3.22. The second-order valence-corrected chi connectivity index (χ2v) is 6.15. The SMILES string of the molecule is C[C@@H](NC(=O)c1cnc2ccccn2c1=O)c1ncc(-c2ccccc2)[nH]1. The number of aromatic amines is 1. The summed E-state index contributed by atoms with van der Waals surface area (Å²) in [5.41, 5.74) is 1.94. The molecule has 0 radical (unpaired) electrons. The van der Waals surface area contributed by atoms with Crippen molar-refractivity contribution in [3.8, 4) is 11.3 Å². The van der Waals surface area contributed by atoms with E-state index in [0.29, 0.717) is 11.5 Å². The molecule has 3 aromatic heterocycles. The number of hydrogen-bond acceptors (Lipinski definition) is 4. The summed E-state index contributed by atoms with van der Waals surface area (Å²) in [5.74, 6) is 0.118. The highest BCUT2D eigenvalue weighted by atomic mass is 16.2. The standard InChI is InChI=1S/C20H17N5O2/c1-13(18-22-12-16(24-18)14-7-3-2-4-8-14)23-19(26)15-11-21-17-9-5-6-10-25(17)20(15)27/h2-13H,1H3,(H,22,24)(H,23,26)/t13-/m1/s1. The molecule has 4 aromatic rings. The van der Waals surface area contributed by atoms with Crippen molar-refractivity contribution >= 4 is 11.6 Å². The summed E-state index contributed by atoms with van der Waals surface area (Å²) in [6.07, 6.45) is 4.61. The van der Waals surface area contributed by atoms with Crippen LogP contribution in [0, 0.1) is 0 Å². The maximum Gasteiger partial charge on any atom is 0.270 e. The van der Waals surface area contributed by atoms with Gasteiger partial charge in [-0.2, -0.15) is 0 Å². The molecule has 4 rings (SSSR count). The van der Waals surface area contributed by atoms with E-state index in [2.05, 4.69) is 20.3 Å². The van der Waals surface area contributed by atoms with Crippen LogP contribution in [-0.2, 0) is 0 Å². The summed E-state index contributed by atoms with van der Waals surface area (Å²) in [4.78, 5) is 36.8. The normalized spacial score (nSPS) is 12.0. The van der Waals surface area contributed by atoms with Gasteiger partial charge >= 0.3 is 0 Å². The van der Waals surface area contributed by atoms with Crippen molar-refractivity contribution in [3.63, 3.8) is 0 Å². The Labute approximate surface area is 154 Å². The maximum absolute atomic E-state index is 12.6. The summed E-state index contributed by atoms with van der Waals surface area (Å²) in [7, 11) is 0. The molecule has 1 aromatic carbocycles. The number of benzene rings is 1. The van der Waals surface area contributed by atoms with E-state index in [4.69, 9.17) is 0 Å². The summed E-state index contributed by atoms with van der Waals surface area (Å²) in [6.45, 7) is 1.80. The molecule has 7 nitrogen and oxygen atoms in total. The lowest BCUT2D eigenvalue weighted by Gasteiger charge is -2.11. The number of rotatable bonds is 4. The van der Waals surface area contributed by atoms with Gasteiger partial charge in [0.2, 0.25) is 0 Å². The van der Waals surface area contributed by atoms with E-state index in [1.165, 1.54) is 10.6 Å². The van der Waals surface area contributed by atoms with Gasteiger partial charge in [0.05, 0.1) is 17.9 Å². The van der Waals surface area contributed by atoms with Gasteiger partial charge in [0.1, 0.15) is 17.0 Å². The minimum Gasteiger partial charge on any atom is -0.342 e. The van der Waals surface area contributed by atoms with Crippen molar-refractivity contribution in [2.75, 3.05) is 0 Å². The largest absolute Gasteiger partial charge is 0.342 e. The molecule has 0 aliphatic heterocycles. The van der Waals surface area contributed by atoms with Crippen molar-refractivity contribution in [2.24, 2.45) is 0 Å². The highest BCUT2D eigenvalue weighted by Crippen LogP contribution is 2.18. The molecular formula is C20H17N5O2. The number of aromatic nitrogens is 4. The van der Waals surface area contributed by atoms with Crippen molar-refractivity contribution in [2.45, 2.75) is 13.0 Å². The van der Waals surface area contributed by atoms with Gasteiger partial charge in [-0.05, 0) is 24.6 Å². The van der Waals surface area contributed by atoms with Crippen LogP contribution >= 0.6 is 0 Å². The molecule has 27 heavy (non-hydrogen) atoms. The molecule has 0 saturated carbocycles. The molecule has 0 aliphatic carbocycles. The Morgan fingerprint density at radius 1 is 1.07 bits per heavy atom. The van der Waals surface area contributed by atoms with Crippen LogP contribution in [0.2, 0.25) is 0 Å². The minimum atomic E-state index is -0.490. The highest BCUT2D eigenvalue weighted by molar-refractivity contribution is 5.93. The van der Waals surface area contributed by atoms with E-state index in [9.17, 15) is 9.59 Å². The number of carbonyl (C=O) groups is 1. The third-order valence-electron chi connectivity index (χ3n) is 4.30. The van der Waals surface area contributed by atoms with Gasteiger partial charge < -0.3 is 10.3 Å². The lowest BCUT2D eigenvalue weighted by atomic mass is 10.2. The quantitative estimate of drug-likeness (QED) is 0.586. The van der Waals surface area contributed by atoms with E-state index in [1.807, 2.05) is 30.3 Å². The second-order valence-electron chi connectivity index (χ2n) is 6.15. The number of amides is 1. The zero-order valence-corrected chi connectivity index (χ0v) is 14.6. The van der Waals surface area contributed by atoms with E-state index >= 15 is 0 Å². The molecule has 1 amide bonds. The van der Waals surface area contributed by atoms with Crippen LogP contribution in [0.4, 0.5) is 0 Å². The average molecular weight is 359 g/mol. The average Bonchev–Trinajstić information content (AvgIpc) is 3.19. The first kappa shape index (κ1) is 16.7. The van der Waals surface area contributed by atoms with Crippen molar-refractivity contribution < 1.29 is 4.79 Å². The summed E-state index contributed by atoms with van der Waals surface area (Å²) >= 11 is 0. The van der Waals surface area contributed by atoms with Crippen molar-refractivity contribution in [3.05, 3.63) is 88.9 Å². The summed E-state index contributed by atoms with van der Waals surface area (Å²) < 4.78 is 1.35. The van der Waals surface area contributed by atoms with E-state index in [1.54, 1.807) is 37.5 Å². The zero-order chi connectivity index (χ0) is 18.8. The number of hydrogen-bond donors (Lipinski definition) is 2. The van der Waals surface area contributed by atoms with Gasteiger partial charge in [-0.15, -0.1) is 0 Å². The fourth-order valence-electron chi connectivity index (χ4n) is 2.85. The number of nitrogens with one attached hydrogen (secondary N) is 2. The minimum absolute atomic E-state index is 0.0135. The Balaban J connectivity index is 1.56. The number of pyridine rings is 1. The first-order valence-corrected chi connectivity index (χ1v) is 8.51. The molecule has 1 atom stereocenters. The second kappa shape index (κ2) is 6.87. The van der Waals surface area contributed by atoms with Gasteiger partial charge in [0.25, 0.3) is 11.5 Å².